The van der Waals surface area contributed by atoms with Crippen LogP contribution in [0.2, 0.25) is 0 Å². The SMILES string of the molecule is OCc1c(F)cccc1N1CCc2ccccc2C1. The highest BCUT2D eigenvalue weighted by molar-refractivity contribution is 5.55. The van der Waals surface area contributed by atoms with Crippen LogP contribution in [0.25, 0.3) is 0 Å². The average molecular weight is 257 g/mol. The van der Waals surface area contributed by atoms with Crippen molar-refractivity contribution in [1.29, 1.82) is 0 Å². The van der Waals surface area contributed by atoms with E-state index >= 15 is 0 Å². The second-order valence-corrected chi connectivity index (χ2v) is 4.84. The molecule has 2 nitrogen and oxygen atoms in total. The molecule has 0 amide bonds. The zero-order chi connectivity index (χ0) is 13.2. The van der Waals surface area contributed by atoms with E-state index in [0.29, 0.717) is 5.56 Å². The van der Waals surface area contributed by atoms with Crippen molar-refractivity contribution < 1.29 is 9.50 Å². The number of aliphatic hydroxyl groups is 1. The minimum absolute atomic E-state index is 0.264. The first kappa shape index (κ1) is 12.2. The minimum Gasteiger partial charge on any atom is -0.391 e. The maximum atomic E-state index is 13.7. The van der Waals surface area contributed by atoms with Crippen molar-refractivity contribution in [1.82, 2.24) is 0 Å². The number of benzene rings is 2. The van der Waals surface area contributed by atoms with E-state index in [1.165, 1.54) is 17.2 Å². The Balaban J connectivity index is 1.95. The number of hydrogen-bond acceptors (Lipinski definition) is 2. The molecular formula is C16H16FNO. The van der Waals surface area contributed by atoms with Gasteiger partial charge in [0.2, 0.25) is 0 Å². The average Bonchev–Trinajstić information content (AvgIpc) is 2.46. The highest BCUT2D eigenvalue weighted by Gasteiger charge is 2.19. The summed E-state index contributed by atoms with van der Waals surface area (Å²) >= 11 is 0. The van der Waals surface area contributed by atoms with E-state index in [9.17, 15) is 9.50 Å². The van der Waals surface area contributed by atoms with E-state index < -0.39 is 0 Å². The van der Waals surface area contributed by atoms with Crippen LogP contribution in [0.15, 0.2) is 42.5 Å². The molecule has 0 unspecified atom stereocenters. The lowest BCUT2D eigenvalue weighted by Gasteiger charge is -2.32. The molecule has 0 saturated carbocycles. The molecule has 0 radical (unpaired) electrons. The molecule has 0 spiro atoms. The van der Waals surface area contributed by atoms with Crippen LogP contribution < -0.4 is 4.90 Å². The number of anilines is 1. The van der Waals surface area contributed by atoms with E-state index in [4.69, 9.17) is 0 Å². The summed E-state index contributed by atoms with van der Waals surface area (Å²) in [6, 6.07) is 13.3. The monoisotopic (exact) mass is 257 g/mol. The van der Waals surface area contributed by atoms with Gasteiger partial charge < -0.3 is 10.0 Å². The van der Waals surface area contributed by atoms with Crippen molar-refractivity contribution in [2.45, 2.75) is 19.6 Å². The molecule has 0 aromatic heterocycles. The van der Waals surface area contributed by atoms with Crippen LogP contribution in [0.1, 0.15) is 16.7 Å². The molecule has 1 heterocycles. The van der Waals surface area contributed by atoms with Crippen molar-refractivity contribution in [2.24, 2.45) is 0 Å². The van der Waals surface area contributed by atoms with E-state index in [2.05, 4.69) is 23.1 Å². The largest absolute Gasteiger partial charge is 0.391 e. The molecule has 2 aromatic carbocycles. The number of rotatable bonds is 2. The Morgan fingerprint density at radius 1 is 1.05 bits per heavy atom. The van der Waals surface area contributed by atoms with Gasteiger partial charge in [-0.3, -0.25) is 0 Å². The standard InChI is InChI=1S/C16H16FNO/c17-15-6-3-7-16(14(15)11-19)18-9-8-12-4-1-2-5-13(12)10-18/h1-7,19H,8-11H2. The molecule has 0 saturated heterocycles. The number of nitrogens with zero attached hydrogens (tertiary/aromatic N) is 1. The molecule has 19 heavy (non-hydrogen) atoms. The van der Waals surface area contributed by atoms with E-state index in [-0.39, 0.29) is 12.4 Å². The lowest BCUT2D eigenvalue weighted by Crippen LogP contribution is -2.31. The lowest BCUT2D eigenvalue weighted by molar-refractivity contribution is 0.276. The first-order chi connectivity index (χ1) is 9.29. The van der Waals surface area contributed by atoms with Gasteiger partial charge in [-0.1, -0.05) is 30.3 Å². The maximum Gasteiger partial charge on any atom is 0.130 e. The van der Waals surface area contributed by atoms with Gasteiger partial charge in [0.05, 0.1) is 6.61 Å². The summed E-state index contributed by atoms with van der Waals surface area (Å²) in [5.74, 6) is -0.334. The first-order valence-corrected chi connectivity index (χ1v) is 6.49. The first-order valence-electron chi connectivity index (χ1n) is 6.49. The van der Waals surface area contributed by atoms with Gasteiger partial charge in [0.15, 0.2) is 0 Å². The van der Waals surface area contributed by atoms with Gasteiger partial charge in [0.1, 0.15) is 5.82 Å². The van der Waals surface area contributed by atoms with Crippen molar-refractivity contribution >= 4 is 5.69 Å². The van der Waals surface area contributed by atoms with Gasteiger partial charge in [-0.25, -0.2) is 4.39 Å². The van der Waals surface area contributed by atoms with Crippen LogP contribution in [0.4, 0.5) is 10.1 Å². The van der Waals surface area contributed by atoms with Gasteiger partial charge in [0.25, 0.3) is 0 Å². The van der Waals surface area contributed by atoms with Crippen molar-refractivity contribution in [3.05, 3.63) is 65.0 Å². The number of aliphatic hydroxyl groups excluding tert-OH is 1. The molecule has 2 aromatic rings. The fourth-order valence-corrected chi connectivity index (χ4v) is 2.70. The molecular weight excluding hydrogens is 241 g/mol. The summed E-state index contributed by atoms with van der Waals surface area (Å²) in [5, 5.41) is 9.36. The fourth-order valence-electron chi connectivity index (χ4n) is 2.70. The van der Waals surface area contributed by atoms with Crippen LogP contribution in [0.5, 0.6) is 0 Å². The Kier molecular flexibility index (Phi) is 3.22. The molecule has 0 fully saturated rings. The molecule has 0 bridgehead atoms. The maximum absolute atomic E-state index is 13.7. The van der Waals surface area contributed by atoms with Crippen LogP contribution in [0.3, 0.4) is 0 Å². The highest BCUT2D eigenvalue weighted by Crippen LogP contribution is 2.28. The Bertz CT molecular complexity index is 597. The molecule has 3 rings (SSSR count). The second-order valence-electron chi connectivity index (χ2n) is 4.84. The fraction of sp³-hybridized carbons (Fsp3) is 0.250. The summed E-state index contributed by atoms with van der Waals surface area (Å²) in [5.41, 5.74) is 3.83. The molecule has 1 aliphatic heterocycles. The quantitative estimate of drug-likeness (QED) is 0.894. The van der Waals surface area contributed by atoms with Crippen molar-refractivity contribution in [3.8, 4) is 0 Å². The van der Waals surface area contributed by atoms with Gasteiger partial charge >= 0.3 is 0 Å². The Hall–Kier alpha value is -1.87. The third kappa shape index (κ3) is 2.22. The lowest BCUT2D eigenvalue weighted by atomic mass is 9.98. The normalized spacial score (nSPS) is 14.3. The molecule has 3 heteroatoms. The zero-order valence-electron chi connectivity index (χ0n) is 10.6. The molecule has 1 aliphatic rings. The summed E-state index contributed by atoms with van der Waals surface area (Å²) in [6.07, 6.45) is 0.956. The molecule has 98 valence electrons. The zero-order valence-corrected chi connectivity index (χ0v) is 10.6. The molecule has 1 N–H and O–H groups in total. The summed E-state index contributed by atoms with van der Waals surface area (Å²) in [6.45, 7) is 1.36. The number of halogens is 1. The van der Waals surface area contributed by atoms with Crippen LogP contribution in [-0.4, -0.2) is 11.7 Å². The van der Waals surface area contributed by atoms with Gasteiger partial charge in [0, 0.05) is 24.3 Å². The van der Waals surface area contributed by atoms with Gasteiger partial charge in [-0.2, -0.15) is 0 Å². The van der Waals surface area contributed by atoms with Crippen LogP contribution in [-0.2, 0) is 19.6 Å². The topological polar surface area (TPSA) is 23.5 Å². The molecule has 0 atom stereocenters. The number of fused-ring (bicyclic) bond motifs is 1. The van der Waals surface area contributed by atoms with Crippen LogP contribution >= 0.6 is 0 Å². The number of hydrogen-bond donors (Lipinski definition) is 1. The van der Waals surface area contributed by atoms with Gasteiger partial charge in [-0.05, 0) is 29.7 Å². The summed E-state index contributed by atoms with van der Waals surface area (Å²) < 4.78 is 13.7. The van der Waals surface area contributed by atoms with Crippen molar-refractivity contribution in [3.63, 3.8) is 0 Å². The highest BCUT2D eigenvalue weighted by atomic mass is 19.1. The third-order valence-corrected chi connectivity index (χ3v) is 3.72. The molecule has 0 aliphatic carbocycles. The Morgan fingerprint density at radius 3 is 2.63 bits per heavy atom. The predicted molar refractivity (Wildman–Crippen MR) is 73.5 cm³/mol. The van der Waals surface area contributed by atoms with Gasteiger partial charge in [-0.15, -0.1) is 0 Å². The van der Waals surface area contributed by atoms with E-state index in [1.807, 2.05) is 12.1 Å². The minimum atomic E-state index is -0.334. The summed E-state index contributed by atoms with van der Waals surface area (Å²) in [4.78, 5) is 2.14. The Morgan fingerprint density at radius 2 is 1.84 bits per heavy atom. The van der Waals surface area contributed by atoms with E-state index in [1.54, 1.807) is 6.07 Å². The predicted octanol–water partition coefficient (Wildman–Crippen LogP) is 2.88. The third-order valence-electron chi connectivity index (χ3n) is 3.72. The second kappa shape index (κ2) is 5.02. The van der Waals surface area contributed by atoms with Crippen LogP contribution in [0, 0.1) is 5.82 Å². The van der Waals surface area contributed by atoms with Crippen molar-refractivity contribution in [2.75, 3.05) is 11.4 Å². The summed E-state index contributed by atoms with van der Waals surface area (Å²) in [7, 11) is 0. The Labute approximate surface area is 112 Å². The smallest absolute Gasteiger partial charge is 0.130 e. The van der Waals surface area contributed by atoms with E-state index in [0.717, 1.165) is 25.2 Å².